The van der Waals surface area contributed by atoms with Crippen LogP contribution in [0.2, 0.25) is 0 Å². The molecule has 0 fully saturated rings. The monoisotopic (exact) mass is 436 g/mol. The number of benzene rings is 1. The number of allylic oxidation sites excluding steroid dienone is 2. The van der Waals surface area contributed by atoms with E-state index in [2.05, 4.69) is 48.1 Å². The van der Waals surface area contributed by atoms with E-state index < -0.39 is 0 Å². The lowest BCUT2D eigenvalue weighted by Crippen LogP contribution is -1.97. The predicted octanol–water partition coefficient (Wildman–Crippen LogP) is 8.73. The highest BCUT2D eigenvalue weighted by Gasteiger charge is 2.03. The molecule has 0 aliphatic carbocycles. The molecule has 3 nitrogen and oxygen atoms in total. The summed E-state index contributed by atoms with van der Waals surface area (Å²) in [6.07, 6.45) is 26.2. The molecule has 1 heterocycles. The third kappa shape index (κ3) is 11.5. The second kappa shape index (κ2) is 17.4. The molecule has 0 unspecified atom stereocenters. The Morgan fingerprint density at radius 1 is 0.688 bits per heavy atom. The van der Waals surface area contributed by atoms with Gasteiger partial charge in [-0.05, 0) is 68.4 Å². The van der Waals surface area contributed by atoms with Crippen LogP contribution in [0.5, 0.6) is 5.75 Å². The van der Waals surface area contributed by atoms with Crippen molar-refractivity contribution in [2.24, 2.45) is 0 Å². The van der Waals surface area contributed by atoms with Gasteiger partial charge in [0.05, 0.1) is 6.61 Å². The Kier molecular flexibility index (Phi) is 14.2. The Labute approximate surface area is 196 Å². The molecule has 0 bridgehead atoms. The van der Waals surface area contributed by atoms with E-state index in [4.69, 9.17) is 4.74 Å². The van der Waals surface area contributed by atoms with E-state index in [1.807, 2.05) is 24.5 Å². The molecule has 0 amide bonds. The van der Waals surface area contributed by atoms with Gasteiger partial charge in [-0.2, -0.15) is 0 Å². The lowest BCUT2D eigenvalue weighted by atomic mass is 10.1. The molecule has 0 atom stereocenters. The highest BCUT2D eigenvalue weighted by atomic mass is 16.5. The zero-order valence-corrected chi connectivity index (χ0v) is 20.5. The number of unbranched alkanes of at least 4 members (excludes halogenated alkanes) is 10. The Bertz CT molecular complexity index is 722. The van der Waals surface area contributed by atoms with Gasteiger partial charge in [0, 0.05) is 18.0 Å². The van der Waals surface area contributed by atoms with Crippen LogP contribution in [0.3, 0.4) is 0 Å². The number of ether oxygens (including phenoxy) is 1. The third-order valence-corrected chi connectivity index (χ3v) is 5.81. The average molecular weight is 437 g/mol. The Hall–Kier alpha value is -2.16. The van der Waals surface area contributed by atoms with Gasteiger partial charge in [0.1, 0.15) is 5.75 Å². The van der Waals surface area contributed by atoms with Crippen LogP contribution in [0.4, 0.5) is 0 Å². The largest absolute Gasteiger partial charge is 0.494 e. The number of hydrogen-bond donors (Lipinski definition) is 0. The first kappa shape index (κ1) is 26.1. The van der Waals surface area contributed by atoms with Crippen LogP contribution in [0.25, 0.3) is 11.4 Å². The summed E-state index contributed by atoms with van der Waals surface area (Å²) in [6, 6.07) is 8.17. The molecular weight excluding hydrogens is 392 g/mol. The van der Waals surface area contributed by atoms with E-state index in [0.717, 1.165) is 36.6 Å². The first-order chi connectivity index (χ1) is 15.8. The Morgan fingerprint density at radius 2 is 1.31 bits per heavy atom. The van der Waals surface area contributed by atoms with Gasteiger partial charge < -0.3 is 4.74 Å². The van der Waals surface area contributed by atoms with Crippen molar-refractivity contribution in [2.45, 2.75) is 104 Å². The zero-order chi connectivity index (χ0) is 22.7. The van der Waals surface area contributed by atoms with E-state index in [1.54, 1.807) is 0 Å². The Morgan fingerprint density at radius 3 is 2.03 bits per heavy atom. The molecule has 0 aliphatic rings. The summed E-state index contributed by atoms with van der Waals surface area (Å²) >= 11 is 0. The van der Waals surface area contributed by atoms with E-state index in [0.29, 0.717) is 0 Å². The quantitative estimate of drug-likeness (QED) is 0.173. The van der Waals surface area contributed by atoms with E-state index in [9.17, 15) is 0 Å². The maximum absolute atomic E-state index is 5.91. The lowest BCUT2D eigenvalue weighted by Gasteiger charge is -2.07. The minimum absolute atomic E-state index is 0.787. The fourth-order valence-electron chi connectivity index (χ4n) is 3.73. The predicted molar refractivity (Wildman–Crippen MR) is 137 cm³/mol. The number of aromatic nitrogens is 2. The number of hydrogen-bond acceptors (Lipinski definition) is 3. The molecule has 0 aliphatic heterocycles. The van der Waals surface area contributed by atoms with Crippen LogP contribution >= 0.6 is 0 Å². The molecular formula is C29H44N2O. The molecule has 1 aromatic carbocycles. The van der Waals surface area contributed by atoms with Crippen LogP contribution in [-0.4, -0.2) is 16.6 Å². The number of nitrogens with zero attached hydrogens (tertiary/aromatic N) is 2. The van der Waals surface area contributed by atoms with Crippen molar-refractivity contribution in [1.82, 2.24) is 9.97 Å². The van der Waals surface area contributed by atoms with Gasteiger partial charge in [-0.25, -0.2) is 9.97 Å². The molecule has 0 spiro atoms. The minimum Gasteiger partial charge on any atom is -0.494 e. The minimum atomic E-state index is 0.787. The summed E-state index contributed by atoms with van der Waals surface area (Å²) in [4.78, 5) is 9.14. The molecule has 2 rings (SSSR count). The molecule has 0 N–H and O–H groups in total. The van der Waals surface area contributed by atoms with Crippen molar-refractivity contribution in [3.8, 4) is 17.1 Å². The first-order valence-electron chi connectivity index (χ1n) is 13.0. The third-order valence-electron chi connectivity index (χ3n) is 5.81. The van der Waals surface area contributed by atoms with E-state index in [1.165, 1.54) is 82.6 Å². The molecule has 2 aromatic rings. The van der Waals surface area contributed by atoms with Crippen LogP contribution in [-0.2, 0) is 6.42 Å². The van der Waals surface area contributed by atoms with Crippen molar-refractivity contribution in [1.29, 1.82) is 0 Å². The first-order valence-corrected chi connectivity index (χ1v) is 13.0. The second-order valence-electron chi connectivity index (χ2n) is 8.77. The van der Waals surface area contributed by atoms with Crippen molar-refractivity contribution in [3.63, 3.8) is 0 Å². The smallest absolute Gasteiger partial charge is 0.159 e. The fourth-order valence-corrected chi connectivity index (χ4v) is 3.73. The summed E-state index contributed by atoms with van der Waals surface area (Å²) in [7, 11) is 0. The topological polar surface area (TPSA) is 35.0 Å². The highest BCUT2D eigenvalue weighted by molar-refractivity contribution is 5.55. The standard InChI is InChI=1S/C29H44N2O/c1-3-5-7-9-10-11-12-13-15-17-23-32-28-21-19-27(20-22-28)29-30-24-26(25-31-29)18-16-14-8-6-4-2/h9-10,19-22,24-25H,3-8,11-18,23H2,1-2H3. The van der Waals surface area contributed by atoms with Gasteiger partial charge in [0.25, 0.3) is 0 Å². The number of rotatable bonds is 18. The maximum atomic E-state index is 5.91. The van der Waals surface area contributed by atoms with Crippen LogP contribution in [0.15, 0.2) is 48.8 Å². The van der Waals surface area contributed by atoms with Gasteiger partial charge in [-0.15, -0.1) is 0 Å². The van der Waals surface area contributed by atoms with Crippen LogP contribution in [0.1, 0.15) is 103 Å². The Balaban J connectivity index is 1.60. The average Bonchev–Trinajstić information content (AvgIpc) is 2.83. The SMILES string of the molecule is CCCCC=CCCCCCCOc1ccc(-c2ncc(CCCCCCC)cn2)cc1. The zero-order valence-electron chi connectivity index (χ0n) is 20.5. The molecule has 0 saturated carbocycles. The lowest BCUT2D eigenvalue weighted by molar-refractivity contribution is 0.305. The molecule has 0 radical (unpaired) electrons. The molecule has 1 aromatic heterocycles. The normalized spacial score (nSPS) is 11.3. The summed E-state index contributed by atoms with van der Waals surface area (Å²) in [5, 5.41) is 0. The maximum Gasteiger partial charge on any atom is 0.159 e. The molecule has 176 valence electrons. The molecule has 3 heteroatoms. The van der Waals surface area contributed by atoms with Crippen molar-refractivity contribution < 1.29 is 4.74 Å². The van der Waals surface area contributed by atoms with Crippen LogP contribution < -0.4 is 4.74 Å². The van der Waals surface area contributed by atoms with Gasteiger partial charge in [-0.1, -0.05) is 77.4 Å². The summed E-state index contributed by atoms with van der Waals surface area (Å²) in [5.74, 6) is 1.71. The summed E-state index contributed by atoms with van der Waals surface area (Å²) < 4.78 is 5.91. The highest BCUT2D eigenvalue weighted by Crippen LogP contribution is 2.20. The van der Waals surface area contributed by atoms with Crippen molar-refractivity contribution in [2.75, 3.05) is 6.61 Å². The van der Waals surface area contributed by atoms with Gasteiger partial charge in [-0.3, -0.25) is 0 Å². The number of aryl methyl sites for hydroxylation is 1. The van der Waals surface area contributed by atoms with E-state index >= 15 is 0 Å². The second-order valence-corrected chi connectivity index (χ2v) is 8.77. The fraction of sp³-hybridized carbons (Fsp3) is 0.586. The molecule has 0 saturated heterocycles. The van der Waals surface area contributed by atoms with E-state index in [-0.39, 0.29) is 0 Å². The van der Waals surface area contributed by atoms with Crippen molar-refractivity contribution >= 4 is 0 Å². The molecule has 32 heavy (non-hydrogen) atoms. The van der Waals surface area contributed by atoms with Gasteiger partial charge in [0.15, 0.2) is 5.82 Å². The van der Waals surface area contributed by atoms with Gasteiger partial charge >= 0.3 is 0 Å². The van der Waals surface area contributed by atoms with Crippen LogP contribution in [0, 0.1) is 0 Å². The summed E-state index contributed by atoms with van der Waals surface area (Å²) in [6.45, 7) is 5.28. The summed E-state index contributed by atoms with van der Waals surface area (Å²) in [5.41, 5.74) is 2.27. The van der Waals surface area contributed by atoms with Gasteiger partial charge in [0.2, 0.25) is 0 Å². The van der Waals surface area contributed by atoms with Crippen molar-refractivity contribution in [3.05, 3.63) is 54.4 Å².